The topological polar surface area (TPSA) is 175 Å². The summed E-state index contributed by atoms with van der Waals surface area (Å²) in [4.78, 5) is 34.9. The molecule has 48 heavy (non-hydrogen) atoms. The molecule has 2 spiro atoms. The predicted octanol–water partition coefficient (Wildman–Crippen LogP) is 2.61. The van der Waals surface area contributed by atoms with Crippen LogP contribution in [-0.2, 0) is 4.79 Å². The van der Waals surface area contributed by atoms with Gasteiger partial charge in [-0.25, -0.2) is 14.6 Å². The van der Waals surface area contributed by atoms with Crippen LogP contribution in [0.5, 0.6) is 5.88 Å². The van der Waals surface area contributed by atoms with E-state index in [1.807, 2.05) is 17.0 Å². The number of anilines is 1. The van der Waals surface area contributed by atoms with Crippen molar-refractivity contribution < 1.29 is 29.6 Å². The summed E-state index contributed by atoms with van der Waals surface area (Å²) in [6.07, 6.45) is 10.5. The van der Waals surface area contributed by atoms with Gasteiger partial charge in [-0.15, -0.1) is 5.10 Å². The highest BCUT2D eigenvalue weighted by Gasteiger charge is 2.91. The van der Waals surface area contributed by atoms with Gasteiger partial charge in [-0.2, -0.15) is 0 Å². The third-order valence-corrected chi connectivity index (χ3v) is 11.5. The zero-order valence-corrected chi connectivity index (χ0v) is 27.8. The van der Waals surface area contributed by atoms with Gasteiger partial charge in [0, 0.05) is 55.0 Å². The van der Waals surface area contributed by atoms with E-state index in [0.717, 1.165) is 76.4 Å². The van der Waals surface area contributed by atoms with Crippen LogP contribution in [0.1, 0.15) is 69.2 Å². The second kappa shape index (κ2) is 11.7. The normalized spacial score (nSPS) is 22.7. The lowest BCUT2D eigenvalue weighted by Gasteiger charge is -2.37. The molecule has 3 aromatic heterocycles. The van der Waals surface area contributed by atoms with Gasteiger partial charge in [0.1, 0.15) is 24.2 Å². The number of hydrogen-bond donors (Lipinski definition) is 5. The molecular weight excluding hydrogens is 633 g/mol. The van der Waals surface area contributed by atoms with E-state index in [4.69, 9.17) is 12.6 Å². The maximum absolute atomic E-state index is 12.8. The molecule has 13 nitrogen and oxygen atoms in total. The van der Waals surface area contributed by atoms with Crippen LogP contribution >= 0.6 is 11.9 Å². The molecule has 252 valence electrons. The number of fused-ring (bicyclic) bond motifs is 1. The van der Waals surface area contributed by atoms with Gasteiger partial charge in [0.2, 0.25) is 12.3 Å². The van der Waals surface area contributed by atoms with Crippen molar-refractivity contribution in [1.82, 2.24) is 29.4 Å². The Bertz CT molecular complexity index is 1670. The quantitative estimate of drug-likeness (QED) is 0.0560. The Morgan fingerprint density at radius 2 is 1.90 bits per heavy atom. The van der Waals surface area contributed by atoms with E-state index in [1.165, 1.54) is 23.1 Å². The van der Waals surface area contributed by atoms with E-state index in [-0.39, 0.29) is 28.2 Å². The first kappa shape index (κ1) is 32.9. The van der Waals surface area contributed by atoms with E-state index in [1.54, 1.807) is 18.2 Å². The van der Waals surface area contributed by atoms with Gasteiger partial charge < -0.3 is 30.3 Å². The number of nitrogens with one attached hydrogen (secondary N) is 2. The Balaban J connectivity index is 0.877. The van der Waals surface area contributed by atoms with Crippen LogP contribution < -0.4 is 14.8 Å². The van der Waals surface area contributed by atoms with Gasteiger partial charge in [0.15, 0.2) is 5.82 Å². The molecule has 3 saturated carbocycles. The van der Waals surface area contributed by atoms with Crippen molar-refractivity contribution in [1.29, 1.82) is 0 Å². The number of pyridine rings is 2. The maximum atomic E-state index is 12.8. The number of nitrogens with zero attached hydrogens (tertiary/aromatic N) is 5. The summed E-state index contributed by atoms with van der Waals surface area (Å²) in [7, 11) is 6.10. The molecule has 4 aliphatic rings. The molecule has 2 amide bonds. The molecule has 7 rings (SSSR count). The van der Waals surface area contributed by atoms with Crippen molar-refractivity contribution in [2.24, 2.45) is 22.7 Å². The molecule has 2 radical (unpaired) electrons. The van der Waals surface area contributed by atoms with Crippen LogP contribution in [0.3, 0.4) is 0 Å². The van der Waals surface area contributed by atoms with Crippen LogP contribution in [0, 0.1) is 22.7 Å². The number of rotatable bonds is 14. The fourth-order valence-electron chi connectivity index (χ4n) is 8.11. The number of aromatic nitrogens is 4. The molecular formula is C33H40BN7O6S. The lowest BCUT2D eigenvalue weighted by molar-refractivity contribution is -0.358. The van der Waals surface area contributed by atoms with Crippen molar-refractivity contribution in [3.63, 3.8) is 0 Å². The number of hydrogen-bond acceptors (Lipinski definition) is 11. The van der Waals surface area contributed by atoms with Crippen molar-refractivity contribution in [2.75, 3.05) is 18.4 Å². The standard InChI is InChI=1S/C33H40BN7O6S/c1-29(2)17-21(19-40(29)20-42)5-4-15-35-23-6-3-7-26(37-23)48-39-27(43)22-8-9-24(36-18-22)41-16-10-25(38-41)47-33(45,46)32(34,44)28-30(11-12-30)31(28)13-14-31/h3,6-10,16,18,20-21,28,44-46H,4-5,11-15,17,19H2,1-2H3,(H,35,37)(H,39,43). The first-order valence-corrected chi connectivity index (χ1v) is 17.2. The summed E-state index contributed by atoms with van der Waals surface area (Å²) in [6, 6.07) is 10.1. The highest BCUT2D eigenvalue weighted by molar-refractivity contribution is 7.97. The third kappa shape index (κ3) is 5.84. The van der Waals surface area contributed by atoms with Gasteiger partial charge in [-0.1, -0.05) is 6.07 Å². The van der Waals surface area contributed by atoms with Crippen LogP contribution in [0.25, 0.3) is 5.82 Å². The number of carbonyl (C=O) groups is 2. The van der Waals surface area contributed by atoms with Crippen LogP contribution in [-0.4, -0.2) is 90.2 Å². The zero-order chi connectivity index (χ0) is 34.0. The molecule has 5 N–H and O–H groups in total. The first-order chi connectivity index (χ1) is 22.8. The summed E-state index contributed by atoms with van der Waals surface area (Å²) in [5, 5.41) is 40.5. The van der Waals surface area contributed by atoms with Crippen LogP contribution in [0.2, 0.25) is 0 Å². The highest BCUT2D eigenvalue weighted by atomic mass is 32.2. The summed E-state index contributed by atoms with van der Waals surface area (Å²) in [5.41, 5.74) is -2.31. The van der Waals surface area contributed by atoms with Gasteiger partial charge in [-0.05, 0) is 99.8 Å². The molecule has 1 saturated heterocycles. The number of carbonyl (C=O) groups excluding carboxylic acids is 2. The minimum atomic E-state index is -3.04. The first-order valence-electron chi connectivity index (χ1n) is 16.4. The molecule has 4 heterocycles. The van der Waals surface area contributed by atoms with Crippen molar-refractivity contribution in [2.45, 2.75) is 80.8 Å². The van der Waals surface area contributed by atoms with E-state index in [9.17, 15) is 24.9 Å². The average molecular weight is 674 g/mol. The maximum Gasteiger partial charge on any atom is 0.344 e. The molecule has 3 aromatic rings. The highest BCUT2D eigenvalue weighted by Crippen LogP contribution is 2.94. The van der Waals surface area contributed by atoms with Crippen molar-refractivity contribution in [3.8, 4) is 11.7 Å². The molecule has 1 aliphatic heterocycles. The second-order valence-corrected chi connectivity index (χ2v) is 15.2. The van der Waals surface area contributed by atoms with Crippen molar-refractivity contribution >= 4 is 37.9 Å². The van der Waals surface area contributed by atoms with E-state index >= 15 is 0 Å². The summed E-state index contributed by atoms with van der Waals surface area (Å²) < 4.78 is 9.43. The Labute approximate surface area is 284 Å². The lowest BCUT2D eigenvalue weighted by Crippen LogP contribution is -2.61. The Morgan fingerprint density at radius 1 is 1.15 bits per heavy atom. The van der Waals surface area contributed by atoms with E-state index in [0.29, 0.717) is 28.1 Å². The third-order valence-electron chi connectivity index (χ3n) is 10.8. The number of ether oxygens (including phenoxy) is 1. The molecule has 0 aromatic carbocycles. The minimum Gasteiger partial charge on any atom is -0.418 e. The van der Waals surface area contributed by atoms with Crippen molar-refractivity contribution in [3.05, 3.63) is 54.4 Å². The Morgan fingerprint density at radius 3 is 2.54 bits per heavy atom. The average Bonchev–Trinajstić information content (AvgIpc) is 4.01. The lowest BCUT2D eigenvalue weighted by atomic mass is 9.73. The number of amides is 2. The molecule has 15 heteroatoms. The Hall–Kier alpha value is -3.66. The molecule has 4 fully saturated rings. The Kier molecular flexibility index (Phi) is 8.04. The summed E-state index contributed by atoms with van der Waals surface area (Å²) in [5.74, 6) is -2.43. The van der Waals surface area contributed by atoms with Crippen LogP contribution in [0.4, 0.5) is 5.82 Å². The van der Waals surface area contributed by atoms with Gasteiger partial charge in [-0.3, -0.25) is 14.3 Å². The summed E-state index contributed by atoms with van der Waals surface area (Å²) in [6.45, 7) is 5.77. The smallest absolute Gasteiger partial charge is 0.344 e. The summed E-state index contributed by atoms with van der Waals surface area (Å²) >= 11 is 1.10. The van der Waals surface area contributed by atoms with Gasteiger partial charge >= 0.3 is 5.97 Å². The van der Waals surface area contributed by atoms with E-state index < -0.39 is 17.4 Å². The predicted molar refractivity (Wildman–Crippen MR) is 177 cm³/mol. The van der Waals surface area contributed by atoms with Gasteiger partial charge in [0.05, 0.1) is 5.56 Å². The van der Waals surface area contributed by atoms with Gasteiger partial charge in [0.25, 0.3) is 5.91 Å². The SMILES string of the molecule is [B]C(O)(C1C2(CC2)C12CC2)C(O)(O)Oc1ccn(-c2ccc(C(=O)NSc3cccc(NCCCC4CN(C=O)C(C)(C)C4)n3)cn2)n1. The monoisotopic (exact) mass is 673 g/mol. The fraction of sp³-hybridized carbons (Fsp3) is 0.545. The molecule has 3 aliphatic carbocycles. The fourth-order valence-corrected chi connectivity index (χ4v) is 8.72. The number of aliphatic hydroxyl groups is 3. The van der Waals surface area contributed by atoms with Crippen LogP contribution in [0.15, 0.2) is 53.8 Å². The minimum absolute atomic E-state index is 0.0832. The zero-order valence-electron chi connectivity index (χ0n) is 27.0. The number of likely N-dealkylation sites (tertiary alicyclic amines) is 1. The molecule has 2 atom stereocenters. The molecule has 2 unspecified atom stereocenters. The largest absolute Gasteiger partial charge is 0.418 e. The second-order valence-electron chi connectivity index (χ2n) is 14.4. The van der Waals surface area contributed by atoms with E-state index in [2.05, 4.69) is 39.0 Å². The molecule has 0 bridgehead atoms.